The van der Waals surface area contributed by atoms with Crippen molar-refractivity contribution in [1.82, 2.24) is 9.80 Å². The molecule has 102 valence electrons. The fraction of sp³-hybridized carbons (Fsp3) is 1.00. The molecule has 0 saturated carbocycles. The van der Waals surface area contributed by atoms with Crippen molar-refractivity contribution >= 4 is 0 Å². The second kappa shape index (κ2) is 8.03. The van der Waals surface area contributed by atoms with Crippen LogP contribution in [-0.2, 0) is 9.47 Å². The predicted molar refractivity (Wildman–Crippen MR) is 70.2 cm³/mol. The Morgan fingerprint density at radius 2 is 1.82 bits per heavy atom. The Kier molecular flexibility index (Phi) is 7.04. The van der Waals surface area contributed by atoms with Gasteiger partial charge in [0.25, 0.3) is 0 Å². The predicted octanol–water partition coefficient (Wildman–Crippen LogP) is 1.41. The molecule has 1 aliphatic heterocycles. The van der Waals surface area contributed by atoms with Crippen molar-refractivity contribution in [1.29, 1.82) is 0 Å². The van der Waals surface area contributed by atoms with Gasteiger partial charge in [-0.15, -0.1) is 0 Å². The molecular formula is C13H28N2O2. The quantitative estimate of drug-likeness (QED) is 0.632. The Labute approximate surface area is 106 Å². The van der Waals surface area contributed by atoms with Gasteiger partial charge >= 0.3 is 0 Å². The fourth-order valence-electron chi connectivity index (χ4n) is 2.37. The molecule has 4 heteroatoms. The third-order valence-electron chi connectivity index (χ3n) is 3.33. The van der Waals surface area contributed by atoms with Gasteiger partial charge in [-0.05, 0) is 27.8 Å². The molecule has 0 spiro atoms. The summed E-state index contributed by atoms with van der Waals surface area (Å²) in [7, 11) is 2.19. The number of hydrogen-bond donors (Lipinski definition) is 0. The third-order valence-corrected chi connectivity index (χ3v) is 3.33. The minimum absolute atomic E-state index is 0.0307. The summed E-state index contributed by atoms with van der Waals surface area (Å²) in [4.78, 5) is 4.93. The van der Waals surface area contributed by atoms with Crippen molar-refractivity contribution in [2.75, 3.05) is 46.4 Å². The molecule has 0 amide bonds. The Hall–Kier alpha value is -0.160. The summed E-state index contributed by atoms with van der Waals surface area (Å²) in [6, 6.07) is 0.637. The summed E-state index contributed by atoms with van der Waals surface area (Å²) in [6.07, 6.45) is 0.937. The normalized spacial score (nSPS) is 23.5. The average Bonchev–Trinajstić information content (AvgIpc) is 2.28. The van der Waals surface area contributed by atoms with Crippen molar-refractivity contribution in [3.05, 3.63) is 0 Å². The highest BCUT2D eigenvalue weighted by Crippen LogP contribution is 2.10. The lowest BCUT2D eigenvalue weighted by molar-refractivity contribution is -0.143. The molecule has 0 aromatic heterocycles. The maximum atomic E-state index is 5.57. The van der Waals surface area contributed by atoms with Crippen LogP contribution in [0.15, 0.2) is 0 Å². The number of ether oxygens (including phenoxy) is 2. The first kappa shape index (κ1) is 14.9. The van der Waals surface area contributed by atoms with E-state index in [1.54, 1.807) is 0 Å². The standard InChI is InChI=1S/C13H28N2O2/c1-5-16-13(17-6-2)7-8-15-10-9-14(4)11-12(15)3/h12-13H,5-11H2,1-4H3. The van der Waals surface area contributed by atoms with Crippen LogP contribution in [0.1, 0.15) is 27.2 Å². The van der Waals surface area contributed by atoms with E-state index in [4.69, 9.17) is 9.47 Å². The van der Waals surface area contributed by atoms with Crippen LogP contribution in [0.3, 0.4) is 0 Å². The summed E-state index contributed by atoms with van der Waals surface area (Å²) in [5, 5.41) is 0. The van der Waals surface area contributed by atoms with Crippen LogP contribution >= 0.6 is 0 Å². The molecule has 17 heavy (non-hydrogen) atoms. The summed E-state index contributed by atoms with van der Waals surface area (Å²) < 4.78 is 11.1. The van der Waals surface area contributed by atoms with Crippen molar-refractivity contribution < 1.29 is 9.47 Å². The molecule has 0 aromatic carbocycles. The van der Waals surface area contributed by atoms with E-state index in [1.165, 1.54) is 0 Å². The van der Waals surface area contributed by atoms with E-state index in [0.29, 0.717) is 6.04 Å². The van der Waals surface area contributed by atoms with Gasteiger partial charge in [0.15, 0.2) is 6.29 Å². The molecule has 1 unspecified atom stereocenters. The molecule has 0 bridgehead atoms. The highest BCUT2D eigenvalue weighted by Gasteiger charge is 2.22. The molecule has 1 saturated heterocycles. The van der Waals surface area contributed by atoms with Crippen LogP contribution in [0.25, 0.3) is 0 Å². The van der Waals surface area contributed by atoms with Crippen LogP contribution < -0.4 is 0 Å². The lowest BCUT2D eigenvalue weighted by atomic mass is 10.2. The molecule has 0 aromatic rings. The van der Waals surface area contributed by atoms with Gasteiger partial charge in [-0.2, -0.15) is 0 Å². The van der Waals surface area contributed by atoms with E-state index in [2.05, 4.69) is 23.8 Å². The second-order valence-corrected chi connectivity index (χ2v) is 4.78. The topological polar surface area (TPSA) is 24.9 Å². The molecule has 1 atom stereocenters. The SMILES string of the molecule is CCOC(CCN1CCN(C)CC1C)OCC. The second-order valence-electron chi connectivity index (χ2n) is 4.78. The summed E-state index contributed by atoms with van der Waals surface area (Å²) in [5.41, 5.74) is 0. The summed E-state index contributed by atoms with van der Waals surface area (Å²) >= 11 is 0. The highest BCUT2D eigenvalue weighted by molar-refractivity contribution is 4.77. The summed E-state index contributed by atoms with van der Waals surface area (Å²) in [5.74, 6) is 0. The van der Waals surface area contributed by atoms with Gasteiger partial charge in [-0.3, -0.25) is 4.90 Å². The number of likely N-dealkylation sites (N-methyl/N-ethyl adjacent to an activating group) is 1. The number of piperazine rings is 1. The Morgan fingerprint density at radius 3 is 2.35 bits per heavy atom. The maximum Gasteiger partial charge on any atom is 0.158 e. The molecule has 1 rings (SSSR count). The Morgan fingerprint density at radius 1 is 1.18 bits per heavy atom. The van der Waals surface area contributed by atoms with Crippen molar-refractivity contribution in [3.63, 3.8) is 0 Å². The minimum Gasteiger partial charge on any atom is -0.353 e. The van der Waals surface area contributed by atoms with Crippen LogP contribution in [-0.4, -0.2) is 68.6 Å². The van der Waals surface area contributed by atoms with Gasteiger partial charge in [-0.25, -0.2) is 0 Å². The average molecular weight is 244 g/mol. The number of nitrogens with zero attached hydrogens (tertiary/aromatic N) is 2. The van der Waals surface area contributed by atoms with Crippen LogP contribution in [0, 0.1) is 0 Å². The van der Waals surface area contributed by atoms with Crippen molar-refractivity contribution in [2.24, 2.45) is 0 Å². The number of hydrogen-bond acceptors (Lipinski definition) is 4. The lowest BCUT2D eigenvalue weighted by Gasteiger charge is -2.38. The molecule has 0 aliphatic carbocycles. The highest BCUT2D eigenvalue weighted by atomic mass is 16.7. The fourth-order valence-corrected chi connectivity index (χ4v) is 2.37. The molecule has 1 aliphatic rings. The third kappa shape index (κ3) is 5.34. The molecule has 4 nitrogen and oxygen atoms in total. The smallest absolute Gasteiger partial charge is 0.158 e. The lowest BCUT2D eigenvalue weighted by Crippen LogP contribution is -2.51. The van der Waals surface area contributed by atoms with E-state index in [1.807, 2.05) is 13.8 Å². The molecule has 0 radical (unpaired) electrons. The first-order valence-electron chi connectivity index (χ1n) is 6.83. The van der Waals surface area contributed by atoms with E-state index in [0.717, 1.165) is 45.8 Å². The van der Waals surface area contributed by atoms with Crippen molar-refractivity contribution in [2.45, 2.75) is 39.5 Å². The van der Waals surface area contributed by atoms with Gasteiger partial charge in [-0.1, -0.05) is 0 Å². The van der Waals surface area contributed by atoms with E-state index < -0.39 is 0 Å². The zero-order valence-electron chi connectivity index (χ0n) is 11.8. The molecular weight excluding hydrogens is 216 g/mol. The zero-order chi connectivity index (χ0) is 12.7. The van der Waals surface area contributed by atoms with Crippen LogP contribution in [0.5, 0.6) is 0 Å². The first-order valence-corrected chi connectivity index (χ1v) is 6.83. The van der Waals surface area contributed by atoms with Crippen molar-refractivity contribution in [3.8, 4) is 0 Å². The van der Waals surface area contributed by atoms with E-state index in [-0.39, 0.29) is 6.29 Å². The summed E-state index contributed by atoms with van der Waals surface area (Å²) in [6.45, 7) is 12.3. The van der Waals surface area contributed by atoms with Crippen LogP contribution in [0.4, 0.5) is 0 Å². The van der Waals surface area contributed by atoms with Gasteiger partial charge in [0.2, 0.25) is 0 Å². The Bertz CT molecular complexity index is 196. The van der Waals surface area contributed by atoms with Gasteiger partial charge in [0.1, 0.15) is 0 Å². The molecule has 1 fully saturated rings. The number of rotatable bonds is 7. The van der Waals surface area contributed by atoms with Crippen LogP contribution in [0.2, 0.25) is 0 Å². The molecule has 0 N–H and O–H groups in total. The largest absolute Gasteiger partial charge is 0.353 e. The zero-order valence-corrected chi connectivity index (χ0v) is 11.8. The minimum atomic E-state index is -0.0307. The van der Waals surface area contributed by atoms with Gasteiger partial charge in [0.05, 0.1) is 0 Å². The first-order chi connectivity index (χ1) is 8.17. The molecule has 1 heterocycles. The van der Waals surface area contributed by atoms with Gasteiger partial charge in [0, 0.05) is 51.9 Å². The van der Waals surface area contributed by atoms with E-state index in [9.17, 15) is 0 Å². The Balaban J connectivity index is 2.27. The van der Waals surface area contributed by atoms with E-state index >= 15 is 0 Å². The maximum absolute atomic E-state index is 5.57. The monoisotopic (exact) mass is 244 g/mol. The van der Waals surface area contributed by atoms with Gasteiger partial charge < -0.3 is 14.4 Å².